The highest BCUT2D eigenvalue weighted by molar-refractivity contribution is 5.78. The van der Waals surface area contributed by atoms with Gasteiger partial charge in [0, 0.05) is 13.3 Å². The Morgan fingerprint density at radius 3 is 2.50 bits per heavy atom. The second-order valence-corrected chi connectivity index (χ2v) is 5.10. The summed E-state index contributed by atoms with van der Waals surface area (Å²) in [6.07, 6.45) is -7.09. The third kappa shape index (κ3) is 3.91. The van der Waals surface area contributed by atoms with E-state index in [1.807, 2.05) is 0 Å². The van der Waals surface area contributed by atoms with E-state index in [1.165, 1.54) is 0 Å². The Hall–Kier alpha value is -1.30. The highest BCUT2D eigenvalue weighted by Crippen LogP contribution is 2.31. The van der Waals surface area contributed by atoms with Crippen molar-refractivity contribution in [3.05, 3.63) is 0 Å². The molecule has 6 N–H and O–H groups in total. The molecule has 6 atom stereocenters. The Labute approximate surface area is 126 Å². The molecule has 0 aromatic carbocycles. The van der Waals surface area contributed by atoms with E-state index >= 15 is 0 Å². The largest absolute Gasteiger partial charge is 0.465 e. The van der Waals surface area contributed by atoms with Crippen molar-refractivity contribution >= 4 is 11.9 Å². The molecule has 1 aliphatic rings. The summed E-state index contributed by atoms with van der Waals surface area (Å²) in [5, 5.41) is 50.8. The van der Waals surface area contributed by atoms with Gasteiger partial charge in [0.1, 0.15) is 18.3 Å². The first kappa shape index (κ1) is 18.7. The number of amides is 1. The minimum atomic E-state index is -2.55. The van der Waals surface area contributed by atoms with Gasteiger partial charge in [0.2, 0.25) is 5.91 Å². The molecule has 0 spiro atoms. The van der Waals surface area contributed by atoms with Crippen LogP contribution in [0.5, 0.6) is 0 Å². The molecule has 0 radical (unpaired) electrons. The first-order valence-electron chi connectivity index (χ1n) is 6.57. The molecule has 0 aromatic heterocycles. The van der Waals surface area contributed by atoms with Crippen LogP contribution in [0, 0.1) is 0 Å². The summed E-state index contributed by atoms with van der Waals surface area (Å²) < 4.78 is 9.45. The normalized spacial score (nSPS) is 34.6. The van der Waals surface area contributed by atoms with Gasteiger partial charge >= 0.3 is 5.97 Å². The van der Waals surface area contributed by atoms with Crippen LogP contribution in [-0.2, 0) is 19.1 Å². The maximum absolute atomic E-state index is 11.6. The minimum Gasteiger partial charge on any atom is -0.465 e. The van der Waals surface area contributed by atoms with Gasteiger partial charge in [-0.15, -0.1) is 0 Å². The van der Waals surface area contributed by atoms with Crippen molar-refractivity contribution in [2.24, 2.45) is 0 Å². The van der Waals surface area contributed by atoms with E-state index < -0.39 is 61.1 Å². The average molecular weight is 323 g/mol. The first-order valence-corrected chi connectivity index (χ1v) is 6.57. The third-order valence-corrected chi connectivity index (χ3v) is 3.38. The van der Waals surface area contributed by atoms with Gasteiger partial charge in [-0.05, 0) is 0 Å². The van der Waals surface area contributed by atoms with Gasteiger partial charge in [-0.25, -0.2) is 4.79 Å². The second-order valence-electron chi connectivity index (χ2n) is 5.10. The lowest BCUT2D eigenvalue weighted by Crippen LogP contribution is -2.67. The first-order chi connectivity index (χ1) is 10.2. The Bertz CT molecular complexity index is 417. The Kier molecular flexibility index (Phi) is 6.23. The summed E-state index contributed by atoms with van der Waals surface area (Å²) in [6, 6.07) is -1.21. The van der Waals surface area contributed by atoms with E-state index in [0.29, 0.717) is 0 Å². The number of carbonyl (C=O) groups is 2. The van der Waals surface area contributed by atoms with Crippen molar-refractivity contribution in [2.75, 3.05) is 13.7 Å². The molecule has 10 nitrogen and oxygen atoms in total. The summed E-state index contributed by atoms with van der Waals surface area (Å²) in [5.41, 5.74) is 0. The van der Waals surface area contributed by atoms with Gasteiger partial charge < -0.3 is 40.3 Å². The van der Waals surface area contributed by atoms with Crippen LogP contribution in [0.1, 0.15) is 13.3 Å². The molecule has 0 saturated carbocycles. The molecule has 10 heteroatoms. The van der Waals surface area contributed by atoms with Crippen LogP contribution in [0.15, 0.2) is 0 Å². The van der Waals surface area contributed by atoms with E-state index in [-0.39, 0.29) is 0 Å². The second kappa shape index (κ2) is 7.31. The van der Waals surface area contributed by atoms with E-state index in [4.69, 9.17) is 9.84 Å². The summed E-state index contributed by atoms with van der Waals surface area (Å²) in [5.74, 6) is -4.32. The fraction of sp³-hybridized carbons (Fsp3) is 0.833. The zero-order chi connectivity index (χ0) is 17.1. The number of hydrogen-bond donors (Lipinski definition) is 6. The van der Waals surface area contributed by atoms with Crippen LogP contribution in [0.2, 0.25) is 0 Å². The number of rotatable bonds is 5. The average Bonchev–Trinajstić information content (AvgIpc) is 2.46. The molecule has 1 amide bonds. The van der Waals surface area contributed by atoms with Crippen molar-refractivity contribution in [1.29, 1.82) is 0 Å². The molecule has 22 heavy (non-hydrogen) atoms. The smallest absolute Gasteiger partial charge is 0.366 e. The van der Waals surface area contributed by atoms with Gasteiger partial charge in [-0.2, -0.15) is 0 Å². The quantitative estimate of drug-likeness (QED) is 0.278. The maximum Gasteiger partial charge on any atom is 0.366 e. The Morgan fingerprint density at radius 1 is 1.45 bits per heavy atom. The fourth-order valence-electron chi connectivity index (χ4n) is 2.29. The number of aliphatic hydroxyl groups is 5. The van der Waals surface area contributed by atoms with Crippen molar-refractivity contribution < 1.29 is 44.6 Å². The summed E-state index contributed by atoms with van der Waals surface area (Å²) in [7, 11) is 0.990. The molecule has 1 aliphatic heterocycles. The number of methoxy groups -OCH3 is 1. The van der Waals surface area contributed by atoms with Crippen molar-refractivity contribution in [2.45, 2.75) is 49.6 Å². The van der Waals surface area contributed by atoms with E-state index in [0.717, 1.165) is 14.0 Å². The molecule has 128 valence electrons. The zero-order valence-electron chi connectivity index (χ0n) is 12.2. The molecule has 0 bridgehead atoms. The SMILES string of the molecule is COC(=O)C1(O)C[C@@H](O)[C@@H](NC(C)=O)C([C@H](O)[C@H](O)CO)O1. The van der Waals surface area contributed by atoms with Crippen molar-refractivity contribution in [3.63, 3.8) is 0 Å². The van der Waals surface area contributed by atoms with Crippen molar-refractivity contribution in [1.82, 2.24) is 5.32 Å². The molecule has 1 heterocycles. The fourth-order valence-corrected chi connectivity index (χ4v) is 2.29. The predicted octanol–water partition coefficient (Wildman–Crippen LogP) is -3.78. The molecule has 2 unspecified atom stereocenters. The van der Waals surface area contributed by atoms with E-state index in [2.05, 4.69) is 10.1 Å². The van der Waals surface area contributed by atoms with Crippen LogP contribution in [-0.4, -0.2) is 87.4 Å². The number of esters is 1. The monoisotopic (exact) mass is 323 g/mol. The van der Waals surface area contributed by atoms with Crippen molar-refractivity contribution in [3.8, 4) is 0 Å². The maximum atomic E-state index is 11.6. The lowest BCUT2D eigenvalue weighted by Gasteiger charge is -2.45. The molecular weight excluding hydrogens is 302 g/mol. The van der Waals surface area contributed by atoms with Crippen LogP contribution < -0.4 is 5.32 Å². The predicted molar refractivity (Wildman–Crippen MR) is 69.2 cm³/mol. The van der Waals surface area contributed by atoms with Gasteiger partial charge in [0.05, 0.1) is 25.9 Å². The summed E-state index contributed by atoms with van der Waals surface area (Å²) in [6.45, 7) is 0.320. The topological polar surface area (TPSA) is 166 Å². The summed E-state index contributed by atoms with van der Waals surface area (Å²) >= 11 is 0. The van der Waals surface area contributed by atoms with E-state index in [1.54, 1.807) is 0 Å². The third-order valence-electron chi connectivity index (χ3n) is 3.38. The number of carbonyl (C=O) groups excluding carboxylic acids is 2. The van der Waals surface area contributed by atoms with Gasteiger partial charge in [-0.3, -0.25) is 4.79 Å². The zero-order valence-corrected chi connectivity index (χ0v) is 12.2. The van der Waals surface area contributed by atoms with Gasteiger partial charge in [-0.1, -0.05) is 0 Å². The van der Waals surface area contributed by atoms with Gasteiger partial charge in [0.15, 0.2) is 0 Å². The van der Waals surface area contributed by atoms with Gasteiger partial charge in [0.25, 0.3) is 5.79 Å². The molecule has 0 aromatic rings. The number of aliphatic hydroxyl groups excluding tert-OH is 4. The molecular formula is C12H21NO9. The van der Waals surface area contributed by atoms with Crippen LogP contribution in [0.3, 0.4) is 0 Å². The van der Waals surface area contributed by atoms with Crippen LogP contribution in [0.4, 0.5) is 0 Å². The van der Waals surface area contributed by atoms with Crippen LogP contribution in [0.25, 0.3) is 0 Å². The Balaban J connectivity index is 3.09. The minimum absolute atomic E-state index is 0.563. The molecule has 0 aliphatic carbocycles. The standard InChI is InChI=1S/C12H21NO9/c1-5(15)13-8-6(16)3-12(20,11(19)21-2)22-10(8)9(18)7(17)4-14/h6-10,14,16-18,20H,3-4H2,1-2H3,(H,13,15)/t6-,7-,8-,9-,10?,12?/m1/s1. The molecule has 1 saturated heterocycles. The van der Waals surface area contributed by atoms with E-state index in [9.17, 15) is 30.0 Å². The molecule has 1 rings (SSSR count). The number of hydrogen-bond acceptors (Lipinski definition) is 9. The Morgan fingerprint density at radius 2 is 2.05 bits per heavy atom. The highest BCUT2D eigenvalue weighted by atomic mass is 16.7. The van der Waals surface area contributed by atoms with Crippen LogP contribution >= 0.6 is 0 Å². The number of ether oxygens (including phenoxy) is 2. The highest BCUT2D eigenvalue weighted by Gasteiger charge is 2.54. The lowest BCUT2D eigenvalue weighted by molar-refractivity contribution is -0.296. The number of nitrogens with one attached hydrogen (secondary N) is 1. The molecule has 1 fully saturated rings. The summed E-state index contributed by atoms with van der Waals surface area (Å²) in [4.78, 5) is 22.8. The lowest BCUT2D eigenvalue weighted by atomic mass is 9.88.